The molecule has 0 unspecified atom stereocenters. The Morgan fingerprint density at radius 1 is 1.00 bits per heavy atom. The van der Waals surface area contributed by atoms with Crippen LogP contribution in [0.4, 0.5) is 11.4 Å². The number of carbonyl (C=O) groups is 1. The van der Waals surface area contributed by atoms with Gasteiger partial charge in [-0.3, -0.25) is 4.79 Å². The van der Waals surface area contributed by atoms with Gasteiger partial charge in [0.15, 0.2) is 0 Å². The molecule has 22 heavy (non-hydrogen) atoms. The van der Waals surface area contributed by atoms with Gasteiger partial charge in [-0.1, -0.05) is 0 Å². The van der Waals surface area contributed by atoms with E-state index >= 15 is 0 Å². The van der Waals surface area contributed by atoms with Crippen molar-refractivity contribution in [3.8, 4) is 6.07 Å². The summed E-state index contributed by atoms with van der Waals surface area (Å²) in [6, 6.07) is 16.6. The highest BCUT2D eigenvalue weighted by Crippen LogP contribution is 2.21. The zero-order valence-corrected chi connectivity index (χ0v) is 12.2. The molecule has 1 aliphatic heterocycles. The van der Waals surface area contributed by atoms with E-state index < -0.39 is 0 Å². The fourth-order valence-electron chi connectivity index (χ4n) is 2.63. The zero-order valence-electron chi connectivity index (χ0n) is 12.2. The third-order valence-corrected chi connectivity index (χ3v) is 3.87. The van der Waals surface area contributed by atoms with Gasteiger partial charge in [-0.05, 0) is 61.4 Å². The second-order valence-corrected chi connectivity index (χ2v) is 5.38. The molecule has 0 spiro atoms. The number of rotatable bonds is 3. The number of nitrogens with one attached hydrogen (secondary N) is 1. The Bertz CT molecular complexity index is 693. The van der Waals surface area contributed by atoms with Crippen molar-refractivity contribution < 1.29 is 4.79 Å². The molecule has 0 atom stereocenters. The van der Waals surface area contributed by atoms with E-state index in [-0.39, 0.29) is 5.91 Å². The standard InChI is InChI=1S/C18H17N3O/c19-13-14-3-7-16(8-4-14)20-18(22)15-5-9-17(10-6-15)21-11-1-2-12-21/h3-10H,1-2,11-12H2,(H,20,22). The van der Waals surface area contributed by atoms with Crippen molar-refractivity contribution in [2.75, 3.05) is 23.3 Å². The normalized spacial score (nSPS) is 13.7. The van der Waals surface area contributed by atoms with Crippen molar-refractivity contribution in [3.05, 3.63) is 59.7 Å². The summed E-state index contributed by atoms with van der Waals surface area (Å²) in [6.07, 6.45) is 2.47. The van der Waals surface area contributed by atoms with Gasteiger partial charge >= 0.3 is 0 Å². The summed E-state index contributed by atoms with van der Waals surface area (Å²) in [6.45, 7) is 2.19. The summed E-state index contributed by atoms with van der Waals surface area (Å²) >= 11 is 0. The number of anilines is 2. The molecule has 3 rings (SSSR count). The van der Waals surface area contributed by atoms with Crippen molar-refractivity contribution in [2.45, 2.75) is 12.8 Å². The number of carbonyl (C=O) groups excluding carboxylic acids is 1. The van der Waals surface area contributed by atoms with Crippen LogP contribution in [0, 0.1) is 11.3 Å². The van der Waals surface area contributed by atoms with E-state index in [9.17, 15) is 4.79 Å². The highest BCUT2D eigenvalue weighted by molar-refractivity contribution is 6.04. The van der Waals surface area contributed by atoms with Crippen molar-refractivity contribution in [2.24, 2.45) is 0 Å². The summed E-state index contributed by atoms with van der Waals surface area (Å²) in [5.41, 5.74) is 3.07. The van der Waals surface area contributed by atoms with Crippen molar-refractivity contribution in [1.29, 1.82) is 5.26 Å². The molecule has 110 valence electrons. The first-order chi connectivity index (χ1) is 10.8. The Kier molecular flexibility index (Phi) is 4.06. The minimum Gasteiger partial charge on any atom is -0.372 e. The largest absolute Gasteiger partial charge is 0.372 e. The van der Waals surface area contributed by atoms with Crippen molar-refractivity contribution in [1.82, 2.24) is 0 Å². The minimum absolute atomic E-state index is 0.141. The van der Waals surface area contributed by atoms with Crippen LogP contribution in [0.2, 0.25) is 0 Å². The maximum atomic E-state index is 12.2. The van der Waals surface area contributed by atoms with Crippen LogP contribution in [0.1, 0.15) is 28.8 Å². The Morgan fingerprint density at radius 3 is 2.23 bits per heavy atom. The van der Waals surface area contributed by atoms with Gasteiger partial charge in [0.1, 0.15) is 0 Å². The molecule has 0 bridgehead atoms. The van der Waals surface area contributed by atoms with Crippen molar-refractivity contribution in [3.63, 3.8) is 0 Å². The lowest BCUT2D eigenvalue weighted by Gasteiger charge is -2.17. The average Bonchev–Trinajstić information content (AvgIpc) is 3.10. The van der Waals surface area contributed by atoms with Gasteiger partial charge in [-0.2, -0.15) is 5.26 Å². The fourth-order valence-corrected chi connectivity index (χ4v) is 2.63. The molecule has 1 fully saturated rings. The number of nitriles is 1. The van der Waals surface area contributed by atoms with Crippen LogP contribution in [-0.2, 0) is 0 Å². The third-order valence-electron chi connectivity index (χ3n) is 3.87. The molecule has 0 aliphatic carbocycles. The molecule has 4 heteroatoms. The van der Waals surface area contributed by atoms with E-state index in [0.717, 1.165) is 13.1 Å². The Labute approximate surface area is 130 Å². The van der Waals surface area contributed by atoms with Gasteiger partial charge in [0.05, 0.1) is 11.6 Å². The van der Waals surface area contributed by atoms with Crippen LogP contribution in [0.25, 0.3) is 0 Å². The highest BCUT2D eigenvalue weighted by atomic mass is 16.1. The smallest absolute Gasteiger partial charge is 0.255 e. The molecule has 2 aromatic carbocycles. The van der Waals surface area contributed by atoms with Crippen LogP contribution < -0.4 is 10.2 Å². The molecule has 1 heterocycles. The van der Waals surface area contributed by atoms with Gasteiger partial charge < -0.3 is 10.2 Å². The molecule has 1 N–H and O–H groups in total. The van der Waals surface area contributed by atoms with Crippen LogP contribution in [0.3, 0.4) is 0 Å². The van der Waals surface area contributed by atoms with Gasteiger partial charge in [0.2, 0.25) is 0 Å². The van der Waals surface area contributed by atoms with E-state index in [1.807, 2.05) is 24.3 Å². The lowest BCUT2D eigenvalue weighted by molar-refractivity contribution is 0.102. The van der Waals surface area contributed by atoms with Crippen LogP contribution in [0.15, 0.2) is 48.5 Å². The molecule has 1 aliphatic rings. The molecule has 1 amide bonds. The number of benzene rings is 2. The quantitative estimate of drug-likeness (QED) is 0.942. The Hall–Kier alpha value is -2.80. The lowest BCUT2D eigenvalue weighted by Crippen LogP contribution is -2.18. The van der Waals surface area contributed by atoms with E-state index in [0.29, 0.717) is 16.8 Å². The predicted octanol–water partition coefficient (Wildman–Crippen LogP) is 3.41. The molecule has 2 aromatic rings. The van der Waals surface area contributed by atoms with E-state index in [1.165, 1.54) is 18.5 Å². The first-order valence-corrected chi connectivity index (χ1v) is 7.43. The van der Waals surface area contributed by atoms with E-state index in [1.54, 1.807) is 24.3 Å². The first kappa shape index (κ1) is 14.2. The number of nitrogens with zero attached hydrogens (tertiary/aromatic N) is 2. The summed E-state index contributed by atoms with van der Waals surface area (Å²) < 4.78 is 0. The zero-order chi connectivity index (χ0) is 15.4. The SMILES string of the molecule is N#Cc1ccc(NC(=O)c2ccc(N3CCCC3)cc2)cc1. The monoisotopic (exact) mass is 291 g/mol. The van der Waals surface area contributed by atoms with Gasteiger partial charge in [0.25, 0.3) is 5.91 Å². The average molecular weight is 291 g/mol. The van der Waals surface area contributed by atoms with Gasteiger partial charge in [-0.15, -0.1) is 0 Å². The minimum atomic E-state index is -0.141. The predicted molar refractivity (Wildman–Crippen MR) is 87.0 cm³/mol. The van der Waals surface area contributed by atoms with Crippen LogP contribution in [-0.4, -0.2) is 19.0 Å². The summed E-state index contributed by atoms with van der Waals surface area (Å²) in [5, 5.41) is 11.6. The Balaban J connectivity index is 1.67. The summed E-state index contributed by atoms with van der Waals surface area (Å²) in [5.74, 6) is -0.141. The molecular weight excluding hydrogens is 274 g/mol. The van der Waals surface area contributed by atoms with E-state index in [2.05, 4.69) is 16.3 Å². The molecule has 0 aromatic heterocycles. The first-order valence-electron chi connectivity index (χ1n) is 7.43. The van der Waals surface area contributed by atoms with Gasteiger partial charge in [-0.25, -0.2) is 0 Å². The molecule has 4 nitrogen and oxygen atoms in total. The van der Waals surface area contributed by atoms with Gasteiger partial charge in [0, 0.05) is 30.0 Å². The maximum absolute atomic E-state index is 12.2. The summed E-state index contributed by atoms with van der Waals surface area (Å²) in [7, 11) is 0. The van der Waals surface area contributed by atoms with E-state index in [4.69, 9.17) is 5.26 Å². The third kappa shape index (κ3) is 3.09. The second kappa shape index (κ2) is 6.31. The topological polar surface area (TPSA) is 56.1 Å². The highest BCUT2D eigenvalue weighted by Gasteiger charge is 2.13. The van der Waals surface area contributed by atoms with Crippen LogP contribution >= 0.6 is 0 Å². The molecule has 0 radical (unpaired) electrons. The Morgan fingerprint density at radius 2 is 1.64 bits per heavy atom. The number of hydrogen-bond acceptors (Lipinski definition) is 3. The maximum Gasteiger partial charge on any atom is 0.255 e. The summed E-state index contributed by atoms with van der Waals surface area (Å²) in [4.78, 5) is 14.5. The fraction of sp³-hybridized carbons (Fsp3) is 0.222. The number of amides is 1. The molecule has 0 saturated carbocycles. The molecular formula is C18H17N3O. The second-order valence-electron chi connectivity index (χ2n) is 5.38. The molecule has 1 saturated heterocycles. The number of hydrogen-bond donors (Lipinski definition) is 1. The van der Waals surface area contributed by atoms with Crippen LogP contribution in [0.5, 0.6) is 0 Å². The van der Waals surface area contributed by atoms with Crippen molar-refractivity contribution >= 4 is 17.3 Å². The lowest BCUT2D eigenvalue weighted by atomic mass is 10.1.